The zero-order valence-electron chi connectivity index (χ0n) is 15.3. The number of piperazine rings is 1. The molecule has 5 nitrogen and oxygen atoms in total. The van der Waals surface area contributed by atoms with Crippen LogP contribution in [0.4, 0.5) is 10.1 Å². The maximum absolute atomic E-state index is 14.5. The molecule has 0 saturated carbocycles. The van der Waals surface area contributed by atoms with Crippen LogP contribution in [-0.2, 0) is 13.1 Å². The largest absolute Gasteiger partial charge is 0.377 e. The van der Waals surface area contributed by atoms with E-state index in [0.717, 1.165) is 54.1 Å². The van der Waals surface area contributed by atoms with E-state index in [1.54, 1.807) is 6.07 Å². The lowest BCUT2D eigenvalue weighted by atomic mass is 10.1. The maximum atomic E-state index is 14.5. The second-order valence-corrected chi connectivity index (χ2v) is 8.01. The number of halogens is 2. The Morgan fingerprint density at radius 1 is 1.15 bits per heavy atom. The van der Waals surface area contributed by atoms with Gasteiger partial charge in [-0.05, 0) is 36.9 Å². The number of nitrogens with one attached hydrogen (secondary N) is 1. The summed E-state index contributed by atoms with van der Waals surface area (Å²) >= 11 is 3.45. The Hall–Kier alpha value is -1.96. The Balaban J connectivity index is 1.38. The molecule has 0 amide bonds. The van der Waals surface area contributed by atoms with Crippen LogP contribution in [0.15, 0.2) is 47.2 Å². The lowest BCUT2D eigenvalue weighted by Gasteiger charge is -2.32. The number of nitrogens with zero attached hydrogens (tertiary/aromatic N) is 4. The van der Waals surface area contributed by atoms with Gasteiger partial charge in [0, 0.05) is 49.6 Å². The summed E-state index contributed by atoms with van der Waals surface area (Å²) in [7, 11) is 2.14. The molecule has 7 heteroatoms. The molecule has 3 heterocycles. The highest BCUT2D eigenvalue weighted by Gasteiger charge is 2.14. The highest BCUT2D eigenvalue weighted by molar-refractivity contribution is 9.10. The van der Waals surface area contributed by atoms with Crippen molar-refractivity contribution in [1.29, 1.82) is 0 Å². The van der Waals surface area contributed by atoms with Gasteiger partial charge in [-0.15, -0.1) is 0 Å². The number of rotatable bonds is 5. The summed E-state index contributed by atoms with van der Waals surface area (Å²) < 4.78 is 17.4. The fourth-order valence-corrected chi connectivity index (χ4v) is 3.67. The third-order valence-corrected chi connectivity index (χ3v) is 5.46. The molecule has 3 aromatic rings. The molecule has 1 fully saturated rings. The number of imidazole rings is 1. The lowest BCUT2D eigenvalue weighted by molar-refractivity contribution is 0.148. The van der Waals surface area contributed by atoms with E-state index in [4.69, 9.17) is 0 Å². The van der Waals surface area contributed by atoms with Crippen LogP contribution in [0.3, 0.4) is 0 Å². The fourth-order valence-electron chi connectivity index (χ4n) is 3.35. The smallest absolute Gasteiger partial charge is 0.146 e. The predicted octanol–water partition coefficient (Wildman–Crippen LogP) is 3.60. The molecule has 0 radical (unpaired) electrons. The van der Waals surface area contributed by atoms with Gasteiger partial charge >= 0.3 is 0 Å². The van der Waals surface area contributed by atoms with Crippen molar-refractivity contribution in [2.45, 2.75) is 13.1 Å². The molecule has 1 N–H and O–H groups in total. The van der Waals surface area contributed by atoms with Crippen molar-refractivity contribution in [2.75, 3.05) is 38.5 Å². The minimum Gasteiger partial charge on any atom is -0.377 e. The first-order valence-electron chi connectivity index (χ1n) is 9.13. The number of aromatic nitrogens is 2. The third-order valence-electron chi connectivity index (χ3n) is 4.97. The van der Waals surface area contributed by atoms with E-state index in [9.17, 15) is 4.39 Å². The molecule has 0 spiro atoms. The second kappa shape index (κ2) is 7.96. The quantitative estimate of drug-likeness (QED) is 0.669. The molecule has 1 aromatic carbocycles. The van der Waals surface area contributed by atoms with Crippen LogP contribution in [0.5, 0.6) is 0 Å². The minimum absolute atomic E-state index is 0.215. The Morgan fingerprint density at radius 2 is 1.96 bits per heavy atom. The summed E-state index contributed by atoms with van der Waals surface area (Å²) in [5, 5.41) is 3.16. The molecule has 0 bridgehead atoms. The van der Waals surface area contributed by atoms with E-state index < -0.39 is 0 Å². The van der Waals surface area contributed by atoms with E-state index in [2.05, 4.69) is 43.1 Å². The first kappa shape index (κ1) is 18.4. The van der Waals surface area contributed by atoms with Gasteiger partial charge in [-0.1, -0.05) is 22.0 Å². The molecule has 2 aromatic heterocycles. The number of pyridine rings is 1. The summed E-state index contributed by atoms with van der Waals surface area (Å²) in [6, 6.07) is 9.39. The predicted molar refractivity (Wildman–Crippen MR) is 109 cm³/mol. The van der Waals surface area contributed by atoms with Crippen molar-refractivity contribution in [3.05, 3.63) is 64.3 Å². The van der Waals surface area contributed by atoms with E-state index >= 15 is 0 Å². The van der Waals surface area contributed by atoms with E-state index in [1.165, 1.54) is 0 Å². The van der Waals surface area contributed by atoms with Crippen LogP contribution in [0.1, 0.15) is 11.3 Å². The van der Waals surface area contributed by atoms with Gasteiger partial charge in [0.1, 0.15) is 11.5 Å². The van der Waals surface area contributed by atoms with Crippen LogP contribution >= 0.6 is 15.9 Å². The SMILES string of the molecule is CN1CCN(Cc2ccc(NCc3cn4ccc(Br)cc4n3)c(F)c2)CC1. The van der Waals surface area contributed by atoms with Gasteiger partial charge in [0.2, 0.25) is 0 Å². The standard InChI is InChI=1S/C20H23BrFN5/c1-25-6-8-26(9-7-25)13-15-2-3-19(18(22)10-15)23-12-17-14-27-5-4-16(21)11-20(27)24-17/h2-5,10-11,14,23H,6-9,12-13H2,1H3. The van der Waals surface area contributed by atoms with E-state index in [-0.39, 0.29) is 5.82 Å². The van der Waals surface area contributed by atoms with Crippen molar-refractivity contribution in [1.82, 2.24) is 19.2 Å². The van der Waals surface area contributed by atoms with Gasteiger partial charge in [0.15, 0.2) is 0 Å². The van der Waals surface area contributed by atoms with Crippen LogP contribution in [0, 0.1) is 5.82 Å². The minimum atomic E-state index is -0.215. The first-order chi connectivity index (χ1) is 13.1. The zero-order valence-corrected chi connectivity index (χ0v) is 16.9. The average Bonchev–Trinajstić information content (AvgIpc) is 3.05. The number of hydrogen-bond acceptors (Lipinski definition) is 4. The molecular formula is C20H23BrFN5. The summed E-state index contributed by atoms with van der Waals surface area (Å²) in [6.45, 7) is 5.47. The number of fused-ring (bicyclic) bond motifs is 1. The van der Waals surface area contributed by atoms with Crippen molar-refractivity contribution in [2.24, 2.45) is 0 Å². The van der Waals surface area contributed by atoms with Crippen LogP contribution in [-0.4, -0.2) is 52.4 Å². The molecule has 4 rings (SSSR count). The van der Waals surface area contributed by atoms with Crippen molar-refractivity contribution < 1.29 is 4.39 Å². The average molecular weight is 432 g/mol. The van der Waals surface area contributed by atoms with Crippen LogP contribution in [0.2, 0.25) is 0 Å². The Bertz CT molecular complexity index is 933. The van der Waals surface area contributed by atoms with Crippen molar-refractivity contribution in [3.8, 4) is 0 Å². The Labute approximate surface area is 166 Å². The summed E-state index contributed by atoms with van der Waals surface area (Å²) in [4.78, 5) is 9.25. The normalized spacial score (nSPS) is 16.1. The number of anilines is 1. The van der Waals surface area contributed by atoms with Gasteiger partial charge in [0.05, 0.1) is 17.9 Å². The molecular weight excluding hydrogens is 409 g/mol. The van der Waals surface area contributed by atoms with Crippen molar-refractivity contribution >= 4 is 27.3 Å². The van der Waals surface area contributed by atoms with Gasteiger partial charge in [-0.3, -0.25) is 4.90 Å². The van der Waals surface area contributed by atoms with Gasteiger partial charge in [0.25, 0.3) is 0 Å². The second-order valence-electron chi connectivity index (χ2n) is 7.09. The fraction of sp³-hybridized carbons (Fsp3) is 0.350. The molecule has 0 unspecified atom stereocenters. The maximum Gasteiger partial charge on any atom is 0.146 e. The lowest BCUT2D eigenvalue weighted by Crippen LogP contribution is -2.43. The number of benzene rings is 1. The third kappa shape index (κ3) is 4.48. The molecule has 0 aliphatic carbocycles. The number of likely N-dealkylation sites (N-methyl/N-ethyl adjacent to an activating group) is 1. The molecule has 27 heavy (non-hydrogen) atoms. The van der Waals surface area contributed by atoms with Crippen LogP contribution < -0.4 is 5.32 Å². The molecule has 0 atom stereocenters. The Morgan fingerprint density at radius 3 is 2.74 bits per heavy atom. The summed E-state index contributed by atoms with van der Waals surface area (Å²) in [5.41, 5.74) is 3.26. The molecule has 1 aliphatic rings. The first-order valence-corrected chi connectivity index (χ1v) is 9.92. The molecule has 1 saturated heterocycles. The summed E-state index contributed by atoms with van der Waals surface area (Å²) in [5.74, 6) is -0.215. The van der Waals surface area contributed by atoms with Crippen molar-refractivity contribution in [3.63, 3.8) is 0 Å². The topological polar surface area (TPSA) is 35.8 Å². The highest BCUT2D eigenvalue weighted by Crippen LogP contribution is 2.19. The van der Waals surface area contributed by atoms with E-state index in [0.29, 0.717) is 12.2 Å². The molecule has 142 valence electrons. The monoisotopic (exact) mass is 431 g/mol. The highest BCUT2D eigenvalue weighted by atomic mass is 79.9. The van der Waals surface area contributed by atoms with E-state index in [1.807, 2.05) is 41.1 Å². The zero-order chi connectivity index (χ0) is 18.8. The van der Waals surface area contributed by atoms with Gasteiger partial charge in [-0.25, -0.2) is 9.37 Å². The summed E-state index contributed by atoms with van der Waals surface area (Å²) in [6.07, 6.45) is 3.90. The molecule has 1 aliphatic heterocycles. The van der Waals surface area contributed by atoms with Gasteiger partial charge in [-0.2, -0.15) is 0 Å². The van der Waals surface area contributed by atoms with Gasteiger partial charge < -0.3 is 14.6 Å². The Kier molecular flexibility index (Phi) is 5.43. The van der Waals surface area contributed by atoms with Crippen LogP contribution in [0.25, 0.3) is 5.65 Å². The number of hydrogen-bond donors (Lipinski definition) is 1.